The molecule has 0 spiro atoms. The lowest BCUT2D eigenvalue weighted by Gasteiger charge is -2.13. The molecule has 0 radical (unpaired) electrons. The number of tetrazole rings is 1. The van der Waals surface area contributed by atoms with E-state index in [-0.39, 0.29) is 6.61 Å². The van der Waals surface area contributed by atoms with E-state index >= 15 is 0 Å². The van der Waals surface area contributed by atoms with Crippen molar-refractivity contribution in [2.24, 2.45) is 5.92 Å². The van der Waals surface area contributed by atoms with E-state index in [0.717, 1.165) is 18.9 Å². The summed E-state index contributed by atoms with van der Waals surface area (Å²) in [6, 6.07) is 0. The number of rotatable bonds is 6. The average molecular weight is 252 g/mol. The summed E-state index contributed by atoms with van der Waals surface area (Å²) < 4.78 is 1.72. The number of unbranched alkanes of at least 4 members (excludes halogenated alkanes) is 1. The summed E-state index contributed by atoms with van der Waals surface area (Å²) in [6.07, 6.45) is 12.3. The molecule has 18 heavy (non-hydrogen) atoms. The lowest BCUT2D eigenvalue weighted by atomic mass is 9.94. The summed E-state index contributed by atoms with van der Waals surface area (Å²) in [5.41, 5.74) is 0. The molecule has 2 rings (SSSR count). The third-order valence-electron chi connectivity index (χ3n) is 3.95. The molecule has 0 unspecified atom stereocenters. The van der Waals surface area contributed by atoms with E-state index in [1.165, 1.54) is 51.4 Å². The molecule has 1 aliphatic carbocycles. The zero-order valence-corrected chi connectivity index (χ0v) is 11.1. The minimum atomic E-state index is -0.0738. The van der Waals surface area contributed by atoms with Gasteiger partial charge in [-0.3, -0.25) is 0 Å². The Morgan fingerprint density at radius 1 is 1.11 bits per heavy atom. The Bertz CT molecular complexity index is 331. The quantitative estimate of drug-likeness (QED) is 0.623. The summed E-state index contributed by atoms with van der Waals surface area (Å²) in [4.78, 5) is 0. The van der Waals surface area contributed by atoms with Crippen LogP contribution in [0.15, 0.2) is 0 Å². The number of hydrogen-bond acceptors (Lipinski definition) is 4. The van der Waals surface area contributed by atoms with Gasteiger partial charge in [-0.25, -0.2) is 4.68 Å². The molecular formula is C13H24N4O. The molecule has 0 bridgehead atoms. The van der Waals surface area contributed by atoms with Crippen LogP contribution >= 0.6 is 0 Å². The van der Waals surface area contributed by atoms with Gasteiger partial charge >= 0.3 is 0 Å². The van der Waals surface area contributed by atoms with Gasteiger partial charge in [-0.05, 0) is 22.8 Å². The highest BCUT2D eigenvalue weighted by atomic mass is 16.3. The second-order valence-electron chi connectivity index (χ2n) is 5.33. The zero-order valence-electron chi connectivity index (χ0n) is 11.1. The molecule has 1 aliphatic rings. The van der Waals surface area contributed by atoms with E-state index in [1.807, 2.05) is 0 Å². The van der Waals surface area contributed by atoms with Crippen LogP contribution in [0.5, 0.6) is 0 Å². The average Bonchev–Trinajstić information content (AvgIpc) is 2.69. The standard InChI is InChI=1S/C13H24N4O/c18-11-13-14-15-16-17(13)10-6-5-9-12-7-3-1-2-4-8-12/h12,18H,1-11H2. The van der Waals surface area contributed by atoms with Gasteiger partial charge in [0.2, 0.25) is 0 Å². The van der Waals surface area contributed by atoms with Gasteiger partial charge in [0.05, 0.1) is 0 Å². The van der Waals surface area contributed by atoms with Gasteiger partial charge in [0.1, 0.15) is 6.61 Å². The third kappa shape index (κ3) is 4.05. The van der Waals surface area contributed by atoms with Crippen LogP contribution in [-0.4, -0.2) is 25.3 Å². The first-order chi connectivity index (χ1) is 8.90. The summed E-state index contributed by atoms with van der Waals surface area (Å²) in [7, 11) is 0. The summed E-state index contributed by atoms with van der Waals surface area (Å²) in [5.74, 6) is 1.52. The fourth-order valence-corrected chi connectivity index (χ4v) is 2.86. The maximum absolute atomic E-state index is 9.04. The monoisotopic (exact) mass is 252 g/mol. The molecule has 1 N–H and O–H groups in total. The second kappa shape index (κ2) is 7.46. The van der Waals surface area contributed by atoms with E-state index in [0.29, 0.717) is 5.82 Å². The predicted octanol–water partition coefficient (Wildman–Crippen LogP) is 2.31. The van der Waals surface area contributed by atoms with Crippen LogP contribution in [0.25, 0.3) is 0 Å². The number of aromatic nitrogens is 4. The van der Waals surface area contributed by atoms with Crippen LogP contribution in [0.3, 0.4) is 0 Å². The Hall–Kier alpha value is -0.970. The first kappa shape index (κ1) is 13.5. The van der Waals surface area contributed by atoms with Crippen LogP contribution in [-0.2, 0) is 13.2 Å². The minimum Gasteiger partial charge on any atom is -0.388 e. The van der Waals surface area contributed by atoms with E-state index in [2.05, 4.69) is 15.5 Å². The zero-order chi connectivity index (χ0) is 12.6. The Kier molecular flexibility index (Phi) is 5.58. The number of hydrogen-bond donors (Lipinski definition) is 1. The third-order valence-corrected chi connectivity index (χ3v) is 3.95. The molecule has 0 amide bonds. The molecule has 1 heterocycles. The number of nitrogens with zero attached hydrogens (tertiary/aromatic N) is 4. The summed E-state index contributed by atoms with van der Waals surface area (Å²) in [5, 5.41) is 20.3. The van der Waals surface area contributed by atoms with Crippen molar-refractivity contribution < 1.29 is 5.11 Å². The van der Waals surface area contributed by atoms with Crippen molar-refractivity contribution in [3.8, 4) is 0 Å². The van der Waals surface area contributed by atoms with E-state index < -0.39 is 0 Å². The highest BCUT2D eigenvalue weighted by Crippen LogP contribution is 2.26. The Labute approximate surface area is 109 Å². The summed E-state index contributed by atoms with van der Waals surface area (Å²) >= 11 is 0. The molecular weight excluding hydrogens is 228 g/mol. The normalized spacial score (nSPS) is 17.8. The van der Waals surface area contributed by atoms with Crippen molar-refractivity contribution >= 4 is 0 Å². The molecule has 5 nitrogen and oxygen atoms in total. The number of aliphatic hydroxyl groups excluding tert-OH is 1. The second-order valence-corrected chi connectivity index (χ2v) is 5.33. The lowest BCUT2D eigenvalue weighted by molar-refractivity contribution is 0.261. The smallest absolute Gasteiger partial charge is 0.176 e. The maximum atomic E-state index is 9.04. The Balaban J connectivity index is 1.63. The van der Waals surface area contributed by atoms with Crippen molar-refractivity contribution in [1.29, 1.82) is 0 Å². The highest BCUT2D eigenvalue weighted by molar-refractivity contribution is 4.75. The molecule has 0 aromatic carbocycles. The van der Waals surface area contributed by atoms with E-state index in [1.54, 1.807) is 4.68 Å². The van der Waals surface area contributed by atoms with E-state index in [9.17, 15) is 0 Å². The van der Waals surface area contributed by atoms with Crippen molar-refractivity contribution in [1.82, 2.24) is 20.2 Å². The van der Waals surface area contributed by atoms with Crippen molar-refractivity contribution in [2.75, 3.05) is 0 Å². The Morgan fingerprint density at radius 3 is 2.61 bits per heavy atom. The number of aliphatic hydroxyl groups is 1. The summed E-state index contributed by atoms with van der Waals surface area (Å²) in [6.45, 7) is 0.755. The van der Waals surface area contributed by atoms with Crippen molar-refractivity contribution in [3.63, 3.8) is 0 Å². The number of aryl methyl sites for hydroxylation is 1. The van der Waals surface area contributed by atoms with E-state index in [4.69, 9.17) is 5.11 Å². The predicted molar refractivity (Wildman–Crippen MR) is 68.8 cm³/mol. The molecule has 0 atom stereocenters. The van der Waals surface area contributed by atoms with Gasteiger partial charge in [-0.2, -0.15) is 0 Å². The minimum absolute atomic E-state index is 0.0738. The molecule has 5 heteroatoms. The van der Waals surface area contributed by atoms with Crippen molar-refractivity contribution in [2.45, 2.75) is 70.9 Å². The van der Waals surface area contributed by atoms with Gasteiger partial charge in [0.25, 0.3) is 0 Å². The maximum Gasteiger partial charge on any atom is 0.176 e. The van der Waals surface area contributed by atoms with Crippen LogP contribution < -0.4 is 0 Å². The lowest BCUT2D eigenvalue weighted by Crippen LogP contribution is -2.07. The highest BCUT2D eigenvalue weighted by Gasteiger charge is 2.12. The largest absolute Gasteiger partial charge is 0.388 e. The van der Waals surface area contributed by atoms with Gasteiger partial charge in [0.15, 0.2) is 5.82 Å². The molecule has 1 aromatic heterocycles. The molecule has 0 aliphatic heterocycles. The SMILES string of the molecule is OCc1nnnn1CCCCC1CCCCCC1. The molecule has 0 saturated heterocycles. The molecule has 1 aromatic rings. The fourth-order valence-electron chi connectivity index (χ4n) is 2.86. The van der Waals surface area contributed by atoms with Crippen LogP contribution in [0.1, 0.15) is 63.6 Å². The van der Waals surface area contributed by atoms with Gasteiger partial charge in [-0.15, -0.1) is 5.10 Å². The molecule has 1 fully saturated rings. The first-order valence-electron chi connectivity index (χ1n) is 7.26. The Morgan fingerprint density at radius 2 is 1.89 bits per heavy atom. The van der Waals surface area contributed by atoms with Crippen LogP contribution in [0, 0.1) is 5.92 Å². The van der Waals surface area contributed by atoms with Crippen LogP contribution in [0.2, 0.25) is 0 Å². The van der Waals surface area contributed by atoms with Gasteiger partial charge in [-0.1, -0.05) is 51.4 Å². The van der Waals surface area contributed by atoms with Gasteiger partial charge < -0.3 is 5.11 Å². The molecule has 102 valence electrons. The first-order valence-corrected chi connectivity index (χ1v) is 7.26. The van der Waals surface area contributed by atoms with Crippen molar-refractivity contribution in [3.05, 3.63) is 5.82 Å². The topological polar surface area (TPSA) is 63.8 Å². The van der Waals surface area contributed by atoms with Crippen LogP contribution in [0.4, 0.5) is 0 Å². The fraction of sp³-hybridized carbons (Fsp3) is 0.923. The van der Waals surface area contributed by atoms with Gasteiger partial charge in [0, 0.05) is 6.54 Å². The molecule has 1 saturated carbocycles.